The molecule has 100 valence electrons. The van der Waals surface area contributed by atoms with Crippen LogP contribution in [0, 0.1) is 0 Å². The van der Waals surface area contributed by atoms with E-state index in [4.69, 9.17) is 23.2 Å². The van der Waals surface area contributed by atoms with Crippen LogP contribution in [0.2, 0.25) is 10.0 Å². The molecular weight excluding hydrogens is 411 g/mol. The van der Waals surface area contributed by atoms with Crippen molar-refractivity contribution in [2.24, 2.45) is 0 Å². The second kappa shape index (κ2) is 7.12. The Balaban J connectivity index is 2.27. The lowest BCUT2D eigenvalue weighted by atomic mass is 9.93. The lowest BCUT2D eigenvalue weighted by Crippen LogP contribution is -2.05. The highest BCUT2D eigenvalue weighted by atomic mass is 79.9. The predicted molar refractivity (Wildman–Crippen MR) is 90.8 cm³/mol. The molecule has 0 amide bonds. The van der Waals surface area contributed by atoms with Crippen LogP contribution in [0.15, 0.2) is 46.9 Å². The molecule has 0 heterocycles. The van der Waals surface area contributed by atoms with Gasteiger partial charge in [0.05, 0.1) is 0 Å². The third kappa shape index (κ3) is 3.98. The molecule has 2 rings (SSSR count). The molecule has 4 heteroatoms. The summed E-state index contributed by atoms with van der Waals surface area (Å²) in [4.78, 5) is 0. The number of hydrogen-bond acceptors (Lipinski definition) is 0. The average molecular weight is 423 g/mol. The second-order valence-corrected chi connectivity index (χ2v) is 6.69. The van der Waals surface area contributed by atoms with Gasteiger partial charge in [-0.2, -0.15) is 0 Å². The average Bonchev–Trinajstić information content (AvgIpc) is 2.39. The Morgan fingerprint density at radius 2 is 1.74 bits per heavy atom. The van der Waals surface area contributed by atoms with E-state index in [-0.39, 0.29) is 0 Å². The van der Waals surface area contributed by atoms with Crippen molar-refractivity contribution in [2.75, 3.05) is 5.33 Å². The van der Waals surface area contributed by atoms with Gasteiger partial charge in [0.1, 0.15) is 0 Å². The topological polar surface area (TPSA) is 0 Å². The van der Waals surface area contributed by atoms with Crippen LogP contribution in [0.5, 0.6) is 0 Å². The van der Waals surface area contributed by atoms with Gasteiger partial charge >= 0.3 is 0 Å². The molecule has 0 N–H and O–H groups in total. The summed E-state index contributed by atoms with van der Waals surface area (Å²) in [6.45, 7) is 0. The smallest absolute Gasteiger partial charge is 0.0449 e. The predicted octanol–water partition coefficient (Wildman–Crippen LogP) is 6.48. The second-order valence-electron chi connectivity index (χ2n) is 4.31. The highest BCUT2D eigenvalue weighted by Crippen LogP contribution is 2.31. The maximum Gasteiger partial charge on any atom is 0.0449 e. The fraction of sp³-hybridized carbons (Fsp3) is 0.200. The first-order valence-electron chi connectivity index (χ1n) is 5.86. The maximum atomic E-state index is 6.28. The van der Waals surface area contributed by atoms with Gasteiger partial charge in [-0.05, 0) is 41.7 Å². The van der Waals surface area contributed by atoms with E-state index >= 15 is 0 Å². The first kappa shape index (κ1) is 15.4. The third-order valence-corrected chi connectivity index (χ3v) is 4.98. The molecule has 0 nitrogen and oxygen atoms in total. The minimum Gasteiger partial charge on any atom is -0.0921 e. The zero-order chi connectivity index (χ0) is 13.8. The lowest BCUT2D eigenvalue weighted by Gasteiger charge is -2.17. The van der Waals surface area contributed by atoms with Gasteiger partial charge in [0.2, 0.25) is 0 Å². The maximum absolute atomic E-state index is 6.28. The van der Waals surface area contributed by atoms with Gasteiger partial charge in [-0.3, -0.25) is 0 Å². The standard InChI is InChI=1S/C15H12Br2Cl2/c16-9-11(13-3-1-2-4-14(13)18)7-10-5-6-12(17)8-15(10)19/h1-6,8,11H,7,9H2. The fourth-order valence-electron chi connectivity index (χ4n) is 2.01. The largest absolute Gasteiger partial charge is 0.0921 e. The molecule has 0 aliphatic heterocycles. The van der Waals surface area contributed by atoms with Crippen molar-refractivity contribution >= 4 is 55.1 Å². The molecule has 0 bridgehead atoms. The number of alkyl halides is 1. The monoisotopic (exact) mass is 420 g/mol. The molecule has 0 aliphatic carbocycles. The quantitative estimate of drug-likeness (QED) is 0.495. The van der Waals surface area contributed by atoms with Crippen molar-refractivity contribution in [2.45, 2.75) is 12.3 Å². The molecule has 0 spiro atoms. The van der Waals surface area contributed by atoms with Gasteiger partial charge in [-0.1, -0.05) is 79.3 Å². The minimum absolute atomic E-state index is 0.312. The summed E-state index contributed by atoms with van der Waals surface area (Å²) in [5, 5.41) is 2.44. The zero-order valence-corrected chi connectivity index (χ0v) is 14.7. The Hall–Kier alpha value is -0.0200. The molecule has 0 aliphatic rings. The Kier molecular flexibility index (Phi) is 5.76. The van der Waals surface area contributed by atoms with Crippen molar-refractivity contribution in [1.82, 2.24) is 0 Å². The van der Waals surface area contributed by atoms with Crippen LogP contribution in [-0.4, -0.2) is 5.33 Å². The van der Waals surface area contributed by atoms with Crippen molar-refractivity contribution in [1.29, 1.82) is 0 Å². The van der Waals surface area contributed by atoms with E-state index in [1.165, 1.54) is 0 Å². The van der Waals surface area contributed by atoms with Crippen LogP contribution in [-0.2, 0) is 6.42 Å². The SMILES string of the molecule is Clc1cc(Br)ccc1CC(CBr)c1ccccc1Cl. The summed E-state index contributed by atoms with van der Waals surface area (Å²) in [5.74, 6) is 0.312. The van der Waals surface area contributed by atoms with E-state index in [1.807, 2.05) is 30.3 Å². The van der Waals surface area contributed by atoms with Gasteiger partial charge < -0.3 is 0 Å². The van der Waals surface area contributed by atoms with E-state index < -0.39 is 0 Å². The molecule has 1 unspecified atom stereocenters. The number of rotatable bonds is 4. The van der Waals surface area contributed by atoms with Crippen LogP contribution in [0.4, 0.5) is 0 Å². The van der Waals surface area contributed by atoms with E-state index in [0.29, 0.717) is 5.92 Å². The number of halogens is 4. The van der Waals surface area contributed by atoms with E-state index in [2.05, 4.69) is 44.0 Å². The van der Waals surface area contributed by atoms with Gasteiger partial charge in [0.25, 0.3) is 0 Å². The summed E-state index contributed by atoms with van der Waals surface area (Å²) in [6, 6.07) is 14.0. The molecule has 0 aromatic heterocycles. The number of benzene rings is 2. The molecule has 2 aromatic carbocycles. The van der Waals surface area contributed by atoms with Crippen molar-refractivity contribution in [3.63, 3.8) is 0 Å². The summed E-state index contributed by atoms with van der Waals surface area (Å²) < 4.78 is 0.995. The molecule has 0 saturated heterocycles. The van der Waals surface area contributed by atoms with Crippen molar-refractivity contribution in [3.05, 3.63) is 68.1 Å². The van der Waals surface area contributed by atoms with Crippen molar-refractivity contribution in [3.8, 4) is 0 Å². The normalized spacial score (nSPS) is 12.4. The van der Waals surface area contributed by atoms with Gasteiger partial charge in [0.15, 0.2) is 0 Å². The minimum atomic E-state index is 0.312. The molecule has 0 radical (unpaired) electrons. The Bertz CT molecular complexity index is 570. The van der Waals surface area contributed by atoms with E-state index in [9.17, 15) is 0 Å². The van der Waals surface area contributed by atoms with Crippen LogP contribution in [0.25, 0.3) is 0 Å². The number of hydrogen-bond donors (Lipinski definition) is 0. The summed E-state index contributed by atoms with van der Waals surface area (Å²) in [5.41, 5.74) is 2.29. The third-order valence-electron chi connectivity index (χ3n) is 3.01. The summed E-state index contributed by atoms with van der Waals surface area (Å²) >= 11 is 19.5. The molecule has 19 heavy (non-hydrogen) atoms. The first-order chi connectivity index (χ1) is 9.11. The zero-order valence-electron chi connectivity index (χ0n) is 10.0. The van der Waals surface area contributed by atoms with Crippen molar-refractivity contribution < 1.29 is 0 Å². The Morgan fingerprint density at radius 3 is 2.37 bits per heavy atom. The van der Waals surface area contributed by atoms with Crippen LogP contribution in [0.3, 0.4) is 0 Å². The summed E-state index contributed by atoms with van der Waals surface area (Å²) in [7, 11) is 0. The Labute approximate surface area is 140 Å². The highest BCUT2D eigenvalue weighted by Gasteiger charge is 2.15. The first-order valence-corrected chi connectivity index (χ1v) is 8.53. The van der Waals surface area contributed by atoms with Gasteiger partial charge in [-0.15, -0.1) is 0 Å². The van der Waals surface area contributed by atoms with Crippen LogP contribution < -0.4 is 0 Å². The summed E-state index contributed by atoms with van der Waals surface area (Å²) in [6.07, 6.45) is 0.862. The van der Waals surface area contributed by atoms with E-state index in [1.54, 1.807) is 0 Å². The fourth-order valence-corrected chi connectivity index (χ4v) is 3.62. The molecule has 1 atom stereocenters. The van der Waals surface area contributed by atoms with Gasteiger partial charge in [-0.25, -0.2) is 0 Å². The Morgan fingerprint density at radius 1 is 1.00 bits per heavy atom. The molecule has 2 aromatic rings. The lowest BCUT2D eigenvalue weighted by molar-refractivity contribution is 0.776. The molecular formula is C15H12Br2Cl2. The van der Waals surface area contributed by atoms with Gasteiger partial charge in [0, 0.05) is 19.8 Å². The molecule has 0 saturated carbocycles. The van der Waals surface area contributed by atoms with E-state index in [0.717, 1.165) is 37.4 Å². The highest BCUT2D eigenvalue weighted by molar-refractivity contribution is 9.10. The van der Waals surface area contributed by atoms with Crippen LogP contribution in [0.1, 0.15) is 17.0 Å². The molecule has 0 fully saturated rings. The van der Waals surface area contributed by atoms with Crippen LogP contribution >= 0.6 is 55.1 Å².